The molecular weight excluding hydrogens is 294 g/mol. The van der Waals surface area contributed by atoms with Crippen molar-refractivity contribution in [2.24, 2.45) is 11.3 Å². The Bertz CT molecular complexity index is 534. The summed E-state index contributed by atoms with van der Waals surface area (Å²) >= 11 is 0. The van der Waals surface area contributed by atoms with Crippen LogP contribution >= 0.6 is 0 Å². The Balaban J connectivity index is 2.64. The molecule has 1 unspecified atom stereocenters. The van der Waals surface area contributed by atoms with E-state index in [2.05, 4.69) is 5.32 Å². The zero-order chi connectivity index (χ0) is 17.6. The second-order valence-electron chi connectivity index (χ2n) is 6.98. The molecule has 0 bridgehead atoms. The van der Waals surface area contributed by atoms with E-state index in [9.17, 15) is 14.7 Å². The summed E-state index contributed by atoms with van der Waals surface area (Å²) in [4.78, 5) is 23.6. The molecule has 0 aliphatic rings. The summed E-state index contributed by atoms with van der Waals surface area (Å²) < 4.78 is 5.66. The SMILES string of the molecule is Cc1ccc(OCC(C)(C)C(=O)NC(CC(C)C)C(=O)O)cc1. The van der Waals surface area contributed by atoms with Crippen LogP contribution in [-0.4, -0.2) is 29.6 Å². The Morgan fingerprint density at radius 2 is 1.78 bits per heavy atom. The fourth-order valence-corrected chi connectivity index (χ4v) is 2.01. The van der Waals surface area contributed by atoms with Gasteiger partial charge >= 0.3 is 5.97 Å². The second-order valence-corrected chi connectivity index (χ2v) is 6.98. The Hall–Kier alpha value is -2.04. The fraction of sp³-hybridized carbons (Fsp3) is 0.556. The molecule has 0 radical (unpaired) electrons. The fourth-order valence-electron chi connectivity index (χ4n) is 2.01. The van der Waals surface area contributed by atoms with Crippen LogP contribution in [0.25, 0.3) is 0 Å². The van der Waals surface area contributed by atoms with Crippen LogP contribution in [0.5, 0.6) is 5.75 Å². The van der Waals surface area contributed by atoms with E-state index >= 15 is 0 Å². The molecule has 23 heavy (non-hydrogen) atoms. The van der Waals surface area contributed by atoms with Gasteiger partial charge in [0.25, 0.3) is 0 Å². The van der Waals surface area contributed by atoms with E-state index in [1.165, 1.54) is 0 Å². The third-order valence-corrected chi connectivity index (χ3v) is 3.55. The molecule has 5 heteroatoms. The predicted molar refractivity (Wildman–Crippen MR) is 89.5 cm³/mol. The Morgan fingerprint density at radius 3 is 2.26 bits per heavy atom. The minimum atomic E-state index is -1.01. The first-order valence-corrected chi connectivity index (χ1v) is 7.85. The first kappa shape index (κ1) is 19.0. The molecule has 1 amide bonds. The van der Waals surface area contributed by atoms with E-state index in [-0.39, 0.29) is 18.4 Å². The quantitative estimate of drug-likeness (QED) is 0.772. The zero-order valence-electron chi connectivity index (χ0n) is 14.6. The number of carbonyl (C=O) groups is 2. The maximum atomic E-state index is 12.4. The average molecular weight is 321 g/mol. The maximum absolute atomic E-state index is 12.4. The highest BCUT2D eigenvalue weighted by molar-refractivity contribution is 5.87. The van der Waals surface area contributed by atoms with E-state index in [4.69, 9.17) is 4.74 Å². The molecular formula is C18H27NO4. The van der Waals surface area contributed by atoms with Gasteiger partial charge in [-0.25, -0.2) is 4.79 Å². The van der Waals surface area contributed by atoms with Crippen molar-refractivity contribution in [3.63, 3.8) is 0 Å². The number of carboxylic acids is 1. The minimum Gasteiger partial charge on any atom is -0.492 e. The third-order valence-electron chi connectivity index (χ3n) is 3.55. The van der Waals surface area contributed by atoms with Crippen molar-refractivity contribution in [2.45, 2.75) is 47.1 Å². The van der Waals surface area contributed by atoms with Gasteiger partial charge in [0.2, 0.25) is 5.91 Å². The van der Waals surface area contributed by atoms with E-state index in [0.717, 1.165) is 5.56 Å². The molecule has 0 spiro atoms. The number of carbonyl (C=O) groups excluding carboxylic acids is 1. The van der Waals surface area contributed by atoms with Crippen molar-refractivity contribution in [3.05, 3.63) is 29.8 Å². The molecule has 0 saturated heterocycles. The monoisotopic (exact) mass is 321 g/mol. The lowest BCUT2D eigenvalue weighted by molar-refractivity contribution is -0.144. The number of ether oxygens (including phenoxy) is 1. The number of aryl methyl sites for hydroxylation is 1. The molecule has 5 nitrogen and oxygen atoms in total. The van der Waals surface area contributed by atoms with Crippen molar-refractivity contribution in [1.29, 1.82) is 0 Å². The smallest absolute Gasteiger partial charge is 0.326 e. The summed E-state index contributed by atoms with van der Waals surface area (Å²) in [5.74, 6) is -0.461. The van der Waals surface area contributed by atoms with Gasteiger partial charge in [-0.2, -0.15) is 0 Å². The van der Waals surface area contributed by atoms with Gasteiger partial charge in [-0.3, -0.25) is 4.79 Å². The second kappa shape index (κ2) is 7.99. The molecule has 1 atom stereocenters. The number of nitrogens with one attached hydrogen (secondary N) is 1. The van der Waals surface area contributed by atoms with Gasteiger partial charge in [-0.1, -0.05) is 31.5 Å². The Kier molecular flexibility index (Phi) is 6.61. The molecule has 1 aromatic carbocycles. The van der Waals surface area contributed by atoms with Gasteiger partial charge in [0.15, 0.2) is 0 Å². The van der Waals surface area contributed by atoms with Gasteiger partial charge < -0.3 is 15.2 Å². The van der Waals surface area contributed by atoms with Crippen LogP contribution in [0.4, 0.5) is 0 Å². The first-order valence-electron chi connectivity index (χ1n) is 7.85. The summed E-state index contributed by atoms with van der Waals surface area (Å²) in [6.45, 7) is 9.49. The maximum Gasteiger partial charge on any atom is 0.326 e. The highest BCUT2D eigenvalue weighted by Gasteiger charge is 2.32. The van der Waals surface area contributed by atoms with Crippen LogP contribution in [0.3, 0.4) is 0 Å². The van der Waals surface area contributed by atoms with E-state index in [0.29, 0.717) is 12.2 Å². The average Bonchev–Trinajstić information content (AvgIpc) is 2.45. The first-order chi connectivity index (χ1) is 10.6. The standard InChI is InChI=1S/C18H27NO4/c1-12(2)10-15(16(20)21)19-17(22)18(4,5)11-23-14-8-6-13(3)7-9-14/h6-9,12,15H,10-11H2,1-5H3,(H,19,22)(H,20,21). The lowest BCUT2D eigenvalue weighted by Crippen LogP contribution is -2.48. The molecule has 0 saturated carbocycles. The van der Waals surface area contributed by atoms with Crippen LogP contribution in [0.1, 0.15) is 39.7 Å². The lowest BCUT2D eigenvalue weighted by Gasteiger charge is -2.26. The van der Waals surface area contributed by atoms with Crippen LogP contribution in [-0.2, 0) is 9.59 Å². The van der Waals surface area contributed by atoms with Gasteiger partial charge in [0.1, 0.15) is 18.4 Å². The van der Waals surface area contributed by atoms with Gasteiger partial charge in [0, 0.05) is 0 Å². The van der Waals surface area contributed by atoms with Gasteiger partial charge in [0.05, 0.1) is 5.41 Å². The highest BCUT2D eigenvalue weighted by Crippen LogP contribution is 2.20. The molecule has 128 valence electrons. The largest absolute Gasteiger partial charge is 0.492 e. The van der Waals surface area contributed by atoms with Crippen molar-refractivity contribution >= 4 is 11.9 Å². The summed E-state index contributed by atoms with van der Waals surface area (Å²) in [5, 5.41) is 11.8. The highest BCUT2D eigenvalue weighted by atomic mass is 16.5. The van der Waals surface area contributed by atoms with Crippen LogP contribution < -0.4 is 10.1 Å². The molecule has 0 aromatic heterocycles. The molecule has 0 aliphatic heterocycles. The number of rotatable bonds is 8. The normalized spacial score (nSPS) is 12.8. The number of benzene rings is 1. The van der Waals surface area contributed by atoms with Gasteiger partial charge in [-0.15, -0.1) is 0 Å². The molecule has 1 aromatic rings. The summed E-state index contributed by atoms with van der Waals surface area (Å²) in [6.07, 6.45) is 0.399. The van der Waals surface area contributed by atoms with E-state index in [1.54, 1.807) is 13.8 Å². The summed E-state index contributed by atoms with van der Waals surface area (Å²) in [7, 11) is 0. The number of hydrogen-bond donors (Lipinski definition) is 2. The van der Waals surface area contributed by atoms with Crippen LogP contribution in [0.15, 0.2) is 24.3 Å². The number of aliphatic carboxylic acids is 1. The summed E-state index contributed by atoms with van der Waals surface area (Å²) in [5.41, 5.74) is 0.308. The van der Waals surface area contributed by atoms with Crippen molar-refractivity contribution in [2.75, 3.05) is 6.61 Å². The molecule has 0 aliphatic carbocycles. The van der Waals surface area contributed by atoms with Crippen LogP contribution in [0.2, 0.25) is 0 Å². The summed E-state index contributed by atoms with van der Waals surface area (Å²) in [6, 6.07) is 6.70. The van der Waals surface area contributed by atoms with E-state index < -0.39 is 17.4 Å². The van der Waals surface area contributed by atoms with Crippen molar-refractivity contribution in [1.82, 2.24) is 5.32 Å². The van der Waals surface area contributed by atoms with Crippen molar-refractivity contribution < 1.29 is 19.4 Å². The molecule has 1 rings (SSSR count). The Morgan fingerprint density at radius 1 is 1.22 bits per heavy atom. The number of carboxylic acid groups (broad SMARTS) is 1. The Labute approximate surface area is 138 Å². The van der Waals surface area contributed by atoms with E-state index in [1.807, 2.05) is 45.0 Å². The number of hydrogen-bond acceptors (Lipinski definition) is 3. The number of amides is 1. The zero-order valence-corrected chi connectivity index (χ0v) is 14.6. The van der Waals surface area contributed by atoms with Gasteiger partial charge in [-0.05, 0) is 45.2 Å². The molecule has 2 N–H and O–H groups in total. The third kappa shape index (κ3) is 6.30. The predicted octanol–water partition coefficient (Wildman–Crippen LogP) is 3.02. The van der Waals surface area contributed by atoms with Crippen molar-refractivity contribution in [3.8, 4) is 5.75 Å². The lowest BCUT2D eigenvalue weighted by atomic mass is 9.92. The minimum absolute atomic E-state index is 0.176. The molecule has 0 heterocycles. The topological polar surface area (TPSA) is 75.6 Å². The molecule has 0 fully saturated rings. The van der Waals surface area contributed by atoms with Crippen LogP contribution in [0, 0.1) is 18.3 Å².